The Morgan fingerprint density at radius 2 is 2.05 bits per heavy atom. The lowest BCUT2D eigenvalue weighted by Crippen LogP contribution is -2.33. The van der Waals surface area contributed by atoms with Gasteiger partial charge in [0.1, 0.15) is 6.04 Å². The first-order chi connectivity index (χ1) is 9.08. The Labute approximate surface area is 116 Å². The van der Waals surface area contributed by atoms with Gasteiger partial charge < -0.3 is 11.1 Å². The SMILES string of the molecule is Cc1nc(C)c(CNC(=O)C(N)c2ccccc2)s1. The summed E-state index contributed by atoms with van der Waals surface area (Å²) in [6.45, 7) is 4.39. The van der Waals surface area contributed by atoms with Crippen molar-refractivity contribution < 1.29 is 4.79 Å². The normalized spacial score (nSPS) is 12.2. The quantitative estimate of drug-likeness (QED) is 0.897. The summed E-state index contributed by atoms with van der Waals surface area (Å²) < 4.78 is 0. The van der Waals surface area contributed by atoms with Gasteiger partial charge in [-0.05, 0) is 19.4 Å². The van der Waals surface area contributed by atoms with Crippen LogP contribution in [-0.2, 0) is 11.3 Å². The topological polar surface area (TPSA) is 68.0 Å². The minimum absolute atomic E-state index is 0.170. The summed E-state index contributed by atoms with van der Waals surface area (Å²) in [5.41, 5.74) is 7.71. The Bertz CT molecular complexity index is 565. The van der Waals surface area contributed by atoms with Gasteiger partial charge >= 0.3 is 0 Å². The van der Waals surface area contributed by atoms with Crippen LogP contribution in [0.5, 0.6) is 0 Å². The molecule has 1 aromatic heterocycles. The summed E-state index contributed by atoms with van der Waals surface area (Å²) in [5.74, 6) is -0.170. The Hall–Kier alpha value is -1.72. The number of amides is 1. The first-order valence-corrected chi connectivity index (χ1v) is 6.90. The molecule has 2 aromatic rings. The van der Waals surface area contributed by atoms with Gasteiger partial charge in [0, 0.05) is 4.88 Å². The van der Waals surface area contributed by atoms with Crippen molar-refractivity contribution in [2.75, 3.05) is 0 Å². The molecule has 0 spiro atoms. The first kappa shape index (κ1) is 13.7. The third-order valence-corrected chi connectivity index (χ3v) is 3.94. The lowest BCUT2D eigenvalue weighted by atomic mass is 10.1. The molecule has 1 unspecified atom stereocenters. The molecule has 2 rings (SSSR count). The van der Waals surface area contributed by atoms with Gasteiger partial charge in [-0.2, -0.15) is 0 Å². The van der Waals surface area contributed by atoms with E-state index in [1.165, 1.54) is 0 Å². The van der Waals surface area contributed by atoms with Gasteiger partial charge in [-0.1, -0.05) is 30.3 Å². The molecule has 0 aliphatic heterocycles. The summed E-state index contributed by atoms with van der Waals surface area (Å²) in [4.78, 5) is 17.4. The van der Waals surface area contributed by atoms with Crippen molar-refractivity contribution >= 4 is 17.2 Å². The molecule has 1 atom stereocenters. The molecule has 0 saturated heterocycles. The summed E-state index contributed by atoms with van der Waals surface area (Å²) in [6.07, 6.45) is 0. The molecule has 19 heavy (non-hydrogen) atoms. The molecule has 0 bridgehead atoms. The number of carbonyl (C=O) groups excluding carboxylic acids is 1. The number of thiazole rings is 1. The van der Waals surface area contributed by atoms with Crippen molar-refractivity contribution in [3.63, 3.8) is 0 Å². The molecule has 0 saturated carbocycles. The van der Waals surface area contributed by atoms with Crippen molar-refractivity contribution in [2.45, 2.75) is 26.4 Å². The van der Waals surface area contributed by atoms with E-state index >= 15 is 0 Å². The van der Waals surface area contributed by atoms with Crippen LogP contribution in [0.3, 0.4) is 0 Å². The number of benzene rings is 1. The number of rotatable bonds is 4. The van der Waals surface area contributed by atoms with Gasteiger partial charge in [-0.3, -0.25) is 4.79 Å². The summed E-state index contributed by atoms with van der Waals surface area (Å²) in [6, 6.07) is 8.73. The Morgan fingerprint density at radius 1 is 1.37 bits per heavy atom. The average Bonchev–Trinajstić information content (AvgIpc) is 2.74. The van der Waals surface area contributed by atoms with E-state index in [-0.39, 0.29) is 5.91 Å². The smallest absolute Gasteiger partial charge is 0.241 e. The highest BCUT2D eigenvalue weighted by Gasteiger charge is 2.15. The van der Waals surface area contributed by atoms with Crippen molar-refractivity contribution in [1.29, 1.82) is 0 Å². The van der Waals surface area contributed by atoms with E-state index in [2.05, 4.69) is 10.3 Å². The van der Waals surface area contributed by atoms with Gasteiger partial charge in [0.05, 0.1) is 17.2 Å². The summed E-state index contributed by atoms with van der Waals surface area (Å²) in [5, 5.41) is 3.87. The maximum Gasteiger partial charge on any atom is 0.241 e. The maximum atomic E-state index is 12.0. The molecule has 1 amide bonds. The maximum absolute atomic E-state index is 12.0. The zero-order valence-corrected chi connectivity index (χ0v) is 11.8. The molecule has 0 aliphatic carbocycles. The van der Waals surface area contributed by atoms with E-state index < -0.39 is 6.04 Å². The van der Waals surface area contributed by atoms with Crippen LogP contribution in [0.15, 0.2) is 30.3 Å². The molecule has 1 heterocycles. The van der Waals surface area contributed by atoms with E-state index in [0.29, 0.717) is 6.54 Å². The van der Waals surface area contributed by atoms with Crippen LogP contribution in [0.1, 0.15) is 27.2 Å². The lowest BCUT2D eigenvalue weighted by molar-refractivity contribution is -0.122. The minimum Gasteiger partial charge on any atom is -0.349 e. The zero-order valence-electron chi connectivity index (χ0n) is 11.0. The third-order valence-electron chi connectivity index (χ3n) is 2.86. The van der Waals surface area contributed by atoms with E-state index in [0.717, 1.165) is 21.1 Å². The highest BCUT2D eigenvalue weighted by Crippen LogP contribution is 2.17. The number of carbonyl (C=O) groups is 1. The van der Waals surface area contributed by atoms with Crippen LogP contribution in [-0.4, -0.2) is 10.9 Å². The van der Waals surface area contributed by atoms with E-state index in [1.54, 1.807) is 11.3 Å². The molecular weight excluding hydrogens is 258 g/mol. The fourth-order valence-corrected chi connectivity index (χ4v) is 2.70. The standard InChI is InChI=1S/C14H17N3OS/c1-9-12(19-10(2)17-9)8-16-14(18)13(15)11-6-4-3-5-7-11/h3-7,13H,8,15H2,1-2H3,(H,16,18). The summed E-state index contributed by atoms with van der Waals surface area (Å²) in [7, 11) is 0. The zero-order chi connectivity index (χ0) is 13.8. The summed E-state index contributed by atoms with van der Waals surface area (Å²) >= 11 is 1.60. The fraction of sp³-hybridized carbons (Fsp3) is 0.286. The molecule has 0 fully saturated rings. The Morgan fingerprint density at radius 3 is 2.63 bits per heavy atom. The second kappa shape index (κ2) is 5.95. The number of nitrogens with one attached hydrogen (secondary N) is 1. The van der Waals surface area contributed by atoms with Crippen LogP contribution in [0.2, 0.25) is 0 Å². The second-order valence-corrected chi connectivity index (χ2v) is 5.64. The fourth-order valence-electron chi connectivity index (χ4n) is 1.83. The lowest BCUT2D eigenvalue weighted by Gasteiger charge is -2.12. The average molecular weight is 275 g/mol. The predicted molar refractivity (Wildman–Crippen MR) is 76.8 cm³/mol. The highest BCUT2D eigenvalue weighted by atomic mass is 32.1. The number of hydrogen-bond donors (Lipinski definition) is 2. The molecule has 0 radical (unpaired) electrons. The molecule has 1 aromatic carbocycles. The largest absolute Gasteiger partial charge is 0.349 e. The van der Waals surface area contributed by atoms with Crippen molar-refractivity contribution in [2.24, 2.45) is 5.73 Å². The van der Waals surface area contributed by atoms with E-state index in [9.17, 15) is 4.79 Å². The van der Waals surface area contributed by atoms with Gasteiger partial charge in [-0.15, -0.1) is 11.3 Å². The number of aromatic nitrogens is 1. The Balaban J connectivity index is 1.96. The molecule has 5 heteroatoms. The molecule has 4 nitrogen and oxygen atoms in total. The van der Waals surface area contributed by atoms with Gasteiger partial charge in [0.2, 0.25) is 5.91 Å². The van der Waals surface area contributed by atoms with Crippen molar-refractivity contribution in [3.8, 4) is 0 Å². The van der Waals surface area contributed by atoms with E-state index in [4.69, 9.17) is 5.73 Å². The molecule has 0 aliphatic rings. The van der Waals surface area contributed by atoms with Gasteiger partial charge in [-0.25, -0.2) is 4.98 Å². The number of aryl methyl sites for hydroxylation is 2. The third kappa shape index (κ3) is 3.39. The number of nitrogens with two attached hydrogens (primary N) is 1. The van der Waals surface area contributed by atoms with Gasteiger partial charge in [0.15, 0.2) is 0 Å². The second-order valence-electron chi connectivity index (χ2n) is 4.35. The highest BCUT2D eigenvalue weighted by molar-refractivity contribution is 7.11. The van der Waals surface area contributed by atoms with Crippen molar-refractivity contribution in [3.05, 3.63) is 51.5 Å². The minimum atomic E-state index is -0.629. The van der Waals surface area contributed by atoms with Crippen LogP contribution < -0.4 is 11.1 Å². The predicted octanol–water partition coefficient (Wildman–Crippen LogP) is 2.08. The first-order valence-electron chi connectivity index (χ1n) is 6.09. The Kier molecular flexibility index (Phi) is 4.29. The van der Waals surface area contributed by atoms with Gasteiger partial charge in [0.25, 0.3) is 0 Å². The van der Waals surface area contributed by atoms with Crippen LogP contribution in [0.25, 0.3) is 0 Å². The number of hydrogen-bond acceptors (Lipinski definition) is 4. The van der Waals surface area contributed by atoms with Crippen LogP contribution in [0.4, 0.5) is 0 Å². The monoisotopic (exact) mass is 275 g/mol. The number of nitrogens with zero attached hydrogens (tertiary/aromatic N) is 1. The van der Waals surface area contributed by atoms with Crippen molar-refractivity contribution in [1.82, 2.24) is 10.3 Å². The molecule has 100 valence electrons. The van der Waals surface area contributed by atoms with E-state index in [1.807, 2.05) is 44.2 Å². The van der Waals surface area contributed by atoms with Crippen LogP contribution >= 0.6 is 11.3 Å². The van der Waals surface area contributed by atoms with Crippen LogP contribution in [0, 0.1) is 13.8 Å². The molecular formula is C14H17N3OS. The molecule has 3 N–H and O–H groups in total.